The van der Waals surface area contributed by atoms with E-state index in [4.69, 9.17) is 10.3 Å². The molecule has 0 bridgehead atoms. The molecule has 0 aliphatic heterocycles. The highest BCUT2D eigenvalue weighted by Crippen LogP contribution is 2.22. The first kappa shape index (κ1) is 15.7. The number of aromatic amines is 1. The van der Waals surface area contributed by atoms with Crippen LogP contribution < -0.4 is 5.73 Å². The van der Waals surface area contributed by atoms with Gasteiger partial charge in [-0.15, -0.1) is 0 Å². The van der Waals surface area contributed by atoms with Crippen LogP contribution >= 0.6 is 0 Å². The maximum atomic E-state index is 6.27. The van der Waals surface area contributed by atoms with Crippen molar-refractivity contribution in [3.05, 3.63) is 47.7 Å². The lowest BCUT2D eigenvalue weighted by molar-refractivity contribution is 0.365. The van der Waals surface area contributed by atoms with Crippen LogP contribution in [0.25, 0.3) is 10.9 Å². The van der Waals surface area contributed by atoms with Crippen LogP contribution in [0, 0.1) is 0 Å². The molecule has 23 heavy (non-hydrogen) atoms. The molecule has 0 spiro atoms. The predicted octanol–water partition coefficient (Wildman–Crippen LogP) is 3.92. The second-order valence-electron chi connectivity index (χ2n) is 6.03. The van der Waals surface area contributed by atoms with E-state index in [9.17, 15) is 0 Å². The Balaban J connectivity index is 1.62. The first-order valence-electron chi connectivity index (χ1n) is 8.41. The van der Waals surface area contributed by atoms with Gasteiger partial charge < -0.3 is 15.2 Å². The van der Waals surface area contributed by atoms with Gasteiger partial charge in [0.1, 0.15) is 0 Å². The fourth-order valence-electron chi connectivity index (χ4n) is 2.85. The molecule has 1 aromatic carbocycles. The summed E-state index contributed by atoms with van der Waals surface area (Å²) in [6.45, 7) is 2.20. The number of hydrogen-bond donors (Lipinski definition) is 2. The number of nitrogens with zero attached hydrogens (tertiary/aromatic N) is 2. The Morgan fingerprint density at radius 2 is 2.09 bits per heavy atom. The Morgan fingerprint density at radius 1 is 1.22 bits per heavy atom. The summed E-state index contributed by atoms with van der Waals surface area (Å²) in [6, 6.07) is 7.97. The van der Waals surface area contributed by atoms with Crippen LogP contribution in [-0.4, -0.2) is 15.1 Å². The number of benzene rings is 1. The van der Waals surface area contributed by atoms with Gasteiger partial charge in [-0.05, 0) is 24.5 Å². The molecule has 2 heterocycles. The number of aromatic nitrogens is 3. The number of fused-ring (bicyclic) bond motifs is 1. The zero-order chi connectivity index (χ0) is 16.1. The van der Waals surface area contributed by atoms with Gasteiger partial charge in [-0.1, -0.05) is 49.5 Å². The van der Waals surface area contributed by atoms with Crippen molar-refractivity contribution in [2.24, 2.45) is 5.73 Å². The Hall–Kier alpha value is -2.14. The number of aryl methyl sites for hydroxylation is 1. The Labute approximate surface area is 136 Å². The van der Waals surface area contributed by atoms with Crippen molar-refractivity contribution >= 4 is 10.9 Å². The maximum Gasteiger partial charge on any atom is 0.226 e. The summed E-state index contributed by atoms with van der Waals surface area (Å²) < 4.78 is 5.32. The third-order valence-electron chi connectivity index (χ3n) is 4.17. The highest BCUT2D eigenvalue weighted by molar-refractivity contribution is 5.83. The van der Waals surface area contributed by atoms with Gasteiger partial charge in [0.05, 0.1) is 6.04 Å². The molecule has 0 saturated heterocycles. The molecule has 0 saturated carbocycles. The molecule has 0 aliphatic carbocycles. The highest BCUT2D eigenvalue weighted by atomic mass is 16.5. The van der Waals surface area contributed by atoms with E-state index in [1.54, 1.807) is 0 Å². The topological polar surface area (TPSA) is 80.7 Å². The molecule has 3 rings (SSSR count). The largest absolute Gasteiger partial charge is 0.361 e. The molecule has 122 valence electrons. The lowest BCUT2D eigenvalue weighted by Crippen LogP contribution is -2.15. The number of H-pyrrole nitrogens is 1. The zero-order valence-electron chi connectivity index (χ0n) is 13.6. The van der Waals surface area contributed by atoms with Gasteiger partial charge in [-0.25, -0.2) is 0 Å². The van der Waals surface area contributed by atoms with Crippen molar-refractivity contribution in [2.45, 2.75) is 51.5 Å². The van der Waals surface area contributed by atoms with Gasteiger partial charge >= 0.3 is 0 Å². The summed E-state index contributed by atoms with van der Waals surface area (Å²) in [7, 11) is 0. The number of para-hydroxylation sites is 1. The highest BCUT2D eigenvalue weighted by Gasteiger charge is 2.16. The van der Waals surface area contributed by atoms with Crippen molar-refractivity contribution in [2.75, 3.05) is 0 Å². The van der Waals surface area contributed by atoms with E-state index in [0.29, 0.717) is 18.1 Å². The number of unbranched alkanes of at least 4 members (excludes halogenated alkanes) is 3. The summed E-state index contributed by atoms with van der Waals surface area (Å²) in [5.41, 5.74) is 8.58. The zero-order valence-corrected chi connectivity index (χ0v) is 13.6. The minimum Gasteiger partial charge on any atom is -0.361 e. The molecule has 3 N–H and O–H groups in total. The van der Waals surface area contributed by atoms with E-state index in [-0.39, 0.29) is 6.04 Å². The van der Waals surface area contributed by atoms with Crippen molar-refractivity contribution in [3.63, 3.8) is 0 Å². The number of nitrogens with two attached hydrogens (primary N) is 1. The lowest BCUT2D eigenvalue weighted by atomic mass is 10.1. The molecular weight excluding hydrogens is 288 g/mol. The molecule has 0 fully saturated rings. The molecule has 0 amide bonds. The third-order valence-corrected chi connectivity index (χ3v) is 4.17. The summed E-state index contributed by atoms with van der Waals surface area (Å²) in [5.74, 6) is 1.30. The summed E-state index contributed by atoms with van der Waals surface area (Å²) in [6.07, 6.45) is 8.32. The third kappa shape index (κ3) is 3.79. The molecule has 2 aromatic heterocycles. The molecule has 1 atom stereocenters. The molecule has 0 aliphatic rings. The molecule has 1 unspecified atom stereocenters. The first-order valence-corrected chi connectivity index (χ1v) is 8.41. The summed E-state index contributed by atoms with van der Waals surface area (Å²) in [5, 5.41) is 5.25. The fraction of sp³-hybridized carbons (Fsp3) is 0.444. The van der Waals surface area contributed by atoms with Crippen LogP contribution in [0.5, 0.6) is 0 Å². The predicted molar refractivity (Wildman–Crippen MR) is 91.1 cm³/mol. The molecular formula is C18H24N4O. The van der Waals surface area contributed by atoms with Crippen LogP contribution in [0.2, 0.25) is 0 Å². The van der Waals surface area contributed by atoms with Gasteiger partial charge in [-0.3, -0.25) is 0 Å². The minimum atomic E-state index is -0.248. The van der Waals surface area contributed by atoms with Crippen LogP contribution in [0.3, 0.4) is 0 Å². The second-order valence-corrected chi connectivity index (χ2v) is 6.03. The van der Waals surface area contributed by atoms with Crippen LogP contribution in [0.4, 0.5) is 0 Å². The average Bonchev–Trinajstić information content (AvgIpc) is 3.19. The monoisotopic (exact) mass is 312 g/mol. The van der Waals surface area contributed by atoms with Gasteiger partial charge in [0.15, 0.2) is 5.82 Å². The molecule has 0 radical (unpaired) electrons. The second kappa shape index (κ2) is 7.42. The van der Waals surface area contributed by atoms with Crippen LogP contribution in [0.1, 0.15) is 55.9 Å². The summed E-state index contributed by atoms with van der Waals surface area (Å²) >= 11 is 0. The van der Waals surface area contributed by atoms with Crippen molar-refractivity contribution in [3.8, 4) is 0 Å². The minimum absolute atomic E-state index is 0.248. The van der Waals surface area contributed by atoms with E-state index in [2.05, 4.69) is 34.2 Å². The van der Waals surface area contributed by atoms with Gasteiger partial charge in [0.2, 0.25) is 5.89 Å². The van der Waals surface area contributed by atoms with E-state index in [1.807, 2.05) is 18.3 Å². The Morgan fingerprint density at radius 3 is 2.96 bits per heavy atom. The Kier molecular flexibility index (Phi) is 5.08. The number of hydrogen-bond acceptors (Lipinski definition) is 4. The smallest absolute Gasteiger partial charge is 0.226 e. The van der Waals surface area contributed by atoms with Gasteiger partial charge in [0.25, 0.3) is 0 Å². The first-order chi connectivity index (χ1) is 11.3. The number of rotatable bonds is 8. The Bertz CT molecular complexity index is 746. The maximum absolute atomic E-state index is 6.27. The van der Waals surface area contributed by atoms with Crippen molar-refractivity contribution in [1.29, 1.82) is 0 Å². The molecule has 3 aromatic rings. The van der Waals surface area contributed by atoms with Crippen molar-refractivity contribution < 1.29 is 4.52 Å². The van der Waals surface area contributed by atoms with E-state index < -0.39 is 0 Å². The summed E-state index contributed by atoms with van der Waals surface area (Å²) in [4.78, 5) is 7.73. The fourth-order valence-corrected chi connectivity index (χ4v) is 2.85. The van der Waals surface area contributed by atoms with Crippen LogP contribution in [0.15, 0.2) is 35.0 Å². The van der Waals surface area contributed by atoms with E-state index in [0.717, 1.165) is 18.4 Å². The SMILES string of the molecule is CCCCCCc1nc(C(N)Cc2c[nH]c3ccccc23)no1. The molecule has 5 nitrogen and oxygen atoms in total. The average molecular weight is 312 g/mol. The standard InChI is InChI=1S/C18H24N4O/c1-2-3-4-5-10-17-21-18(22-23-17)15(19)11-13-12-20-16-9-7-6-8-14(13)16/h6-9,12,15,20H,2-5,10-11,19H2,1H3. The van der Waals surface area contributed by atoms with E-state index >= 15 is 0 Å². The normalized spacial score (nSPS) is 12.8. The van der Waals surface area contributed by atoms with Crippen molar-refractivity contribution in [1.82, 2.24) is 15.1 Å². The quantitative estimate of drug-likeness (QED) is 0.618. The van der Waals surface area contributed by atoms with Gasteiger partial charge in [-0.2, -0.15) is 4.98 Å². The molecule has 5 heteroatoms. The van der Waals surface area contributed by atoms with Gasteiger partial charge in [0, 0.05) is 23.5 Å². The van der Waals surface area contributed by atoms with E-state index in [1.165, 1.54) is 30.2 Å². The van der Waals surface area contributed by atoms with Crippen LogP contribution in [-0.2, 0) is 12.8 Å². The number of nitrogens with one attached hydrogen (secondary N) is 1. The lowest BCUT2D eigenvalue weighted by Gasteiger charge is -2.05.